The molecule has 0 spiro atoms. The first-order valence-corrected chi connectivity index (χ1v) is 6.96. The van der Waals surface area contributed by atoms with E-state index in [1.165, 1.54) is 7.11 Å². The summed E-state index contributed by atoms with van der Waals surface area (Å²) in [5, 5.41) is 6.33. The Hall–Kier alpha value is -2.68. The zero-order chi connectivity index (χ0) is 16.8. The molecule has 0 radical (unpaired) electrons. The second-order valence-electron chi connectivity index (χ2n) is 4.32. The first kappa shape index (κ1) is 16.7. The molecule has 0 amide bonds. The van der Waals surface area contributed by atoms with Gasteiger partial charge in [-0.1, -0.05) is 5.16 Å². The summed E-state index contributed by atoms with van der Waals surface area (Å²) in [4.78, 5) is 24.7. The van der Waals surface area contributed by atoms with Crippen LogP contribution in [0.4, 0.5) is 0 Å². The number of aromatic amines is 1. The SMILES string of the molecule is CN/C(C=O)=C(\S)COc1ccc(-c2noc(=O)[nH]2)c(OC)c1. The molecule has 0 atom stereocenters. The molecule has 2 aromatic rings. The van der Waals surface area contributed by atoms with E-state index in [0.717, 1.165) is 0 Å². The molecule has 122 valence electrons. The van der Waals surface area contributed by atoms with Gasteiger partial charge in [0.2, 0.25) is 0 Å². The zero-order valence-electron chi connectivity index (χ0n) is 12.5. The van der Waals surface area contributed by atoms with Crippen LogP contribution < -0.4 is 20.5 Å². The van der Waals surface area contributed by atoms with Crippen LogP contribution in [0, 0.1) is 0 Å². The summed E-state index contributed by atoms with van der Waals surface area (Å²) < 4.78 is 15.3. The van der Waals surface area contributed by atoms with E-state index in [4.69, 9.17) is 9.47 Å². The third kappa shape index (κ3) is 3.95. The molecule has 0 aliphatic rings. The van der Waals surface area contributed by atoms with Gasteiger partial charge in [0.05, 0.1) is 18.4 Å². The number of nitrogens with zero attached hydrogens (tertiary/aromatic N) is 1. The lowest BCUT2D eigenvalue weighted by molar-refractivity contribution is -0.105. The van der Waals surface area contributed by atoms with Crippen molar-refractivity contribution in [1.82, 2.24) is 15.5 Å². The van der Waals surface area contributed by atoms with Gasteiger partial charge in [0.1, 0.15) is 18.1 Å². The van der Waals surface area contributed by atoms with E-state index in [-0.39, 0.29) is 12.4 Å². The maximum absolute atomic E-state index is 11.0. The van der Waals surface area contributed by atoms with Crippen molar-refractivity contribution in [1.29, 1.82) is 0 Å². The van der Waals surface area contributed by atoms with Crippen molar-refractivity contribution in [2.45, 2.75) is 0 Å². The summed E-state index contributed by atoms with van der Waals surface area (Å²) in [5.41, 5.74) is 0.897. The minimum absolute atomic E-state index is 0.112. The molecule has 2 N–H and O–H groups in total. The first-order chi connectivity index (χ1) is 11.1. The predicted molar refractivity (Wildman–Crippen MR) is 85.7 cm³/mol. The summed E-state index contributed by atoms with van der Waals surface area (Å²) in [6, 6.07) is 4.97. The summed E-state index contributed by atoms with van der Waals surface area (Å²) >= 11 is 4.21. The largest absolute Gasteiger partial charge is 0.496 e. The van der Waals surface area contributed by atoms with Crippen LogP contribution in [0.5, 0.6) is 11.5 Å². The van der Waals surface area contributed by atoms with Crippen LogP contribution in [0.1, 0.15) is 0 Å². The molecule has 0 saturated heterocycles. The zero-order valence-corrected chi connectivity index (χ0v) is 13.3. The van der Waals surface area contributed by atoms with Crippen molar-refractivity contribution in [3.63, 3.8) is 0 Å². The maximum atomic E-state index is 11.0. The highest BCUT2D eigenvalue weighted by molar-refractivity contribution is 7.84. The van der Waals surface area contributed by atoms with E-state index in [1.54, 1.807) is 25.2 Å². The molecular weight excluding hydrogens is 322 g/mol. The number of benzene rings is 1. The summed E-state index contributed by atoms with van der Waals surface area (Å²) in [6.07, 6.45) is 0.663. The number of aromatic nitrogens is 2. The van der Waals surface area contributed by atoms with Crippen LogP contribution in [-0.2, 0) is 4.79 Å². The topological polar surface area (TPSA) is 106 Å². The molecule has 8 nitrogen and oxygen atoms in total. The number of carbonyl (C=O) groups excluding carboxylic acids is 1. The fraction of sp³-hybridized carbons (Fsp3) is 0.214. The second-order valence-corrected chi connectivity index (χ2v) is 4.86. The highest BCUT2D eigenvalue weighted by atomic mass is 32.1. The number of likely N-dealkylation sites (N-methyl/N-ethyl adjacent to an activating group) is 1. The number of H-pyrrole nitrogens is 1. The molecule has 1 heterocycles. The van der Waals surface area contributed by atoms with Gasteiger partial charge in [-0.3, -0.25) is 14.3 Å². The Kier molecular flexibility index (Phi) is 5.47. The van der Waals surface area contributed by atoms with Gasteiger partial charge in [-0.25, -0.2) is 4.79 Å². The molecule has 0 aliphatic carbocycles. The Morgan fingerprint density at radius 1 is 1.52 bits per heavy atom. The van der Waals surface area contributed by atoms with E-state index < -0.39 is 5.76 Å². The number of hydrogen-bond acceptors (Lipinski definition) is 8. The number of thiol groups is 1. The lowest BCUT2D eigenvalue weighted by Crippen LogP contribution is -2.12. The van der Waals surface area contributed by atoms with Crippen LogP contribution in [0.25, 0.3) is 11.4 Å². The third-order valence-corrected chi connectivity index (χ3v) is 3.31. The summed E-state index contributed by atoms with van der Waals surface area (Å²) in [5.74, 6) is 0.553. The van der Waals surface area contributed by atoms with Gasteiger partial charge in [0, 0.05) is 18.0 Å². The normalized spacial score (nSPS) is 11.6. The number of aldehydes is 1. The Morgan fingerprint density at radius 3 is 2.87 bits per heavy atom. The highest BCUT2D eigenvalue weighted by Crippen LogP contribution is 2.31. The Labute approximate surface area is 136 Å². The van der Waals surface area contributed by atoms with Crippen LogP contribution in [0.3, 0.4) is 0 Å². The monoisotopic (exact) mass is 337 g/mol. The Morgan fingerprint density at radius 2 is 2.30 bits per heavy atom. The predicted octanol–water partition coefficient (Wildman–Crippen LogP) is 0.977. The van der Waals surface area contributed by atoms with Gasteiger partial charge in [-0.2, -0.15) is 0 Å². The fourth-order valence-electron chi connectivity index (χ4n) is 1.80. The van der Waals surface area contributed by atoms with Crippen LogP contribution in [0.2, 0.25) is 0 Å². The van der Waals surface area contributed by atoms with E-state index in [9.17, 15) is 9.59 Å². The Balaban J connectivity index is 2.21. The smallest absolute Gasteiger partial charge is 0.439 e. The average molecular weight is 337 g/mol. The molecule has 0 bridgehead atoms. The molecule has 1 aromatic heterocycles. The standard InChI is InChI=1S/C14H15N3O5S/c1-15-10(6-18)12(23)7-21-8-3-4-9(11(5-8)20-2)13-16-14(19)22-17-13/h3-6,15,23H,7H2,1-2H3,(H,16,17,19)/b12-10-. The third-order valence-electron chi connectivity index (χ3n) is 2.94. The van der Waals surface area contributed by atoms with Crippen molar-refractivity contribution in [2.75, 3.05) is 20.8 Å². The number of carbonyl (C=O) groups is 1. The molecule has 0 fully saturated rings. The van der Waals surface area contributed by atoms with Crippen molar-refractivity contribution in [3.05, 3.63) is 39.4 Å². The van der Waals surface area contributed by atoms with Gasteiger partial charge in [-0.15, -0.1) is 12.6 Å². The number of rotatable bonds is 7. The maximum Gasteiger partial charge on any atom is 0.439 e. The molecule has 1 aromatic carbocycles. The lowest BCUT2D eigenvalue weighted by Gasteiger charge is -2.11. The fourth-order valence-corrected chi connectivity index (χ4v) is 2.03. The van der Waals surface area contributed by atoms with Crippen LogP contribution in [-0.4, -0.2) is 37.2 Å². The van der Waals surface area contributed by atoms with E-state index in [0.29, 0.717) is 34.0 Å². The van der Waals surface area contributed by atoms with Crippen molar-refractivity contribution < 1.29 is 18.8 Å². The number of hydrogen-bond donors (Lipinski definition) is 3. The van der Waals surface area contributed by atoms with Crippen LogP contribution >= 0.6 is 12.6 Å². The molecule has 23 heavy (non-hydrogen) atoms. The van der Waals surface area contributed by atoms with Gasteiger partial charge < -0.3 is 14.8 Å². The second kappa shape index (κ2) is 7.54. The van der Waals surface area contributed by atoms with E-state index >= 15 is 0 Å². The van der Waals surface area contributed by atoms with Crippen LogP contribution in [0.15, 0.2) is 38.1 Å². The molecule has 0 aliphatic heterocycles. The summed E-state index contributed by atoms with van der Waals surface area (Å²) in [6.45, 7) is 0.112. The Bertz CT molecular complexity index is 781. The van der Waals surface area contributed by atoms with Crippen molar-refractivity contribution in [3.8, 4) is 22.9 Å². The highest BCUT2D eigenvalue weighted by Gasteiger charge is 2.12. The van der Waals surface area contributed by atoms with Gasteiger partial charge in [0.15, 0.2) is 12.1 Å². The summed E-state index contributed by atoms with van der Waals surface area (Å²) in [7, 11) is 3.10. The number of allylic oxidation sites excluding steroid dienone is 1. The van der Waals surface area contributed by atoms with Gasteiger partial charge in [-0.05, 0) is 12.1 Å². The van der Waals surface area contributed by atoms with Gasteiger partial charge >= 0.3 is 5.76 Å². The minimum atomic E-state index is -0.652. The molecule has 0 unspecified atom stereocenters. The number of methoxy groups -OCH3 is 1. The van der Waals surface area contributed by atoms with Gasteiger partial charge in [0.25, 0.3) is 0 Å². The van der Waals surface area contributed by atoms with Crippen molar-refractivity contribution in [2.24, 2.45) is 0 Å². The average Bonchev–Trinajstić information content (AvgIpc) is 3.00. The minimum Gasteiger partial charge on any atom is -0.496 e. The quantitative estimate of drug-likeness (QED) is 0.393. The van der Waals surface area contributed by atoms with Crippen molar-refractivity contribution >= 4 is 18.9 Å². The first-order valence-electron chi connectivity index (χ1n) is 6.51. The van der Waals surface area contributed by atoms with E-state index in [2.05, 4.69) is 32.6 Å². The molecule has 0 saturated carbocycles. The molecule has 9 heteroatoms. The number of ether oxygens (including phenoxy) is 2. The van der Waals surface area contributed by atoms with E-state index in [1.807, 2.05) is 0 Å². The number of nitrogens with one attached hydrogen (secondary N) is 2. The molecular formula is C14H15N3O5S. The molecule has 2 rings (SSSR count). The lowest BCUT2D eigenvalue weighted by atomic mass is 10.2.